The first kappa shape index (κ1) is 9.92. The Morgan fingerprint density at radius 3 is 3.08 bits per heavy atom. The van der Waals surface area contributed by atoms with Crippen molar-refractivity contribution in [1.82, 2.24) is 10.2 Å². The van der Waals surface area contributed by atoms with E-state index in [4.69, 9.17) is 16.3 Å². The van der Waals surface area contributed by atoms with E-state index in [0.717, 1.165) is 0 Å². The highest BCUT2D eigenvalue weighted by atomic mass is 35.5. The summed E-state index contributed by atoms with van der Waals surface area (Å²) in [5, 5.41) is 7.44. The van der Waals surface area contributed by atoms with Crippen molar-refractivity contribution in [2.45, 2.75) is 13.3 Å². The number of esters is 1. The molecule has 0 bridgehead atoms. The highest BCUT2D eigenvalue weighted by molar-refractivity contribution is 6.29. The smallest absolute Gasteiger partial charge is 0.310 e. The summed E-state index contributed by atoms with van der Waals surface area (Å²) in [5.41, 5.74) is 0.707. The minimum Gasteiger partial charge on any atom is -0.466 e. The van der Waals surface area contributed by atoms with E-state index < -0.39 is 0 Å². The fourth-order valence-corrected chi connectivity index (χ4v) is 1.04. The van der Waals surface area contributed by atoms with Crippen LogP contribution in [0.5, 0.6) is 0 Å². The van der Waals surface area contributed by atoms with Crippen LogP contribution in [-0.2, 0) is 16.0 Å². The fraction of sp³-hybridized carbons (Fsp3) is 0.375. The van der Waals surface area contributed by atoms with Crippen molar-refractivity contribution in [3.05, 3.63) is 23.0 Å². The van der Waals surface area contributed by atoms with Gasteiger partial charge in [-0.25, -0.2) is 0 Å². The summed E-state index contributed by atoms with van der Waals surface area (Å²) in [5.74, 6) is -0.286. The summed E-state index contributed by atoms with van der Waals surface area (Å²) < 4.78 is 4.76. The second-order valence-corrected chi connectivity index (χ2v) is 2.76. The average molecular weight is 201 g/mol. The lowest BCUT2D eigenvalue weighted by atomic mass is 10.2. The zero-order valence-electron chi connectivity index (χ0n) is 7.16. The Labute approximate surface area is 80.9 Å². The number of halogens is 1. The van der Waals surface area contributed by atoms with E-state index in [9.17, 15) is 4.79 Å². The number of aromatic nitrogens is 2. The highest BCUT2D eigenvalue weighted by Crippen LogP contribution is 2.06. The Morgan fingerprint density at radius 2 is 2.46 bits per heavy atom. The molecule has 0 N–H and O–H groups in total. The van der Waals surface area contributed by atoms with E-state index in [2.05, 4.69) is 10.2 Å². The molecule has 1 heterocycles. The van der Waals surface area contributed by atoms with E-state index in [0.29, 0.717) is 12.2 Å². The lowest BCUT2D eigenvalue weighted by Gasteiger charge is -2.00. The molecule has 1 aromatic heterocycles. The van der Waals surface area contributed by atoms with Gasteiger partial charge in [0.2, 0.25) is 0 Å². The van der Waals surface area contributed by atoms with Gasteiger partial charge in [0.1, 0.15) is 0 Å². The van der Waals surface area contributed by atoms with Crippen LogP contribution in [0.4, 0.5) is 0 Å². The standard InChI is InChI=1S/C8H9ClN2O2/c1-2-13-8(12)4-6-3-7(9)11-10-5-6/h3,5H,2,4H2,1H3. The fourth-order valence-electron chi connectivity index (χ4n) is 0.853. The number of nitrogens with zero attached hydrogens (tertiary/aromatic N) is 2. The highest BCUT2D eigenvalue weighted by Gasteiger charge is 2.04. The lowest BCUT2D eigenvalue weighted by molar-refractivity contribution is -0.142. The topological polar surface area (TPSA) is 52.1 Å². The molecule has 5 heteroatoms. The van der Waals surface area contributed by atoms with Crippen molar-refractivity contribution < 1.29 is 9.53 Å². The molecular formula is C8H9ClN2O2. The van der Waals surface area contributed by atoms with E-state index in [-0.39, 0.29) is 17.5 Å². The Morgan fingerprint density at radius 1 is 1.69 bits per heavy atom. The van der Waals surface area contributed by atoms with Crippen molar-refractivity contribution >= 4 is 17.6 Å². The summed E-state index contributed by atoms with van der Waals surface area (Å²) in [6.07, 6.45) is 1.67. The molecule has 0 aromatic carbocycles. The second-order valence-electron chi connectivity index (χ2n) is 2.37. The Hall–Kier alpha value is -1.16. The van der Waals surface area contributed by atoms with Gasteiger partial charge in [-0.15, -0.1) is 5.10 Å². The Kier molecular flexibility index (Phi) is 3.64. The normalized spacial score (nSPS) is 9.69. The largest absolute Gasteiger partial charge is 0.466 e. The Balaban J connectivity index is 2.58. The number of hydrogen-bond donors (Lipinski definition) is 0. The molecule has 0 radical (unpaired) electrons. The maximum Gasteiger partial charge on any atom is 0.310 e. The molecule has 0 atom stereocenters. The van der Waals surface area contributed by atoms with Crippen molar-refractivity contribution in [2.24, 2.45) is 0 Å². The minimum absolute atomic E-state index is 0.184. The van der Waals surface area contributed by atoms with Gasteiger partial charge in [0.05, 0.1) is 19.2 Å². The van der Waals surface area contributed by atoms with Gasteiger partial charge in [-0.1, -0.05) is 11.6 Å². The first-order chi connectivity index (χ1) is 6.22. The van der Waals surface area contributed by atoms with Crippen molar-refractivity contribution in [3.63, 3.8) is 0 Å². The second kappa shape index (κ2) is 4.77. The van der Waals surface area contributed by atoms with Crippen LogP contribution < -0.4 is 0 Å². The first-order valence-corrected chi connectivity index (χ1v) is 4.23. The van der Waals surface area contributed by atoms with Crippen LogP contribution >= 0.6 is 11.6 Å². The van der Waals surface area contributed by atoms with Crippen LogP contribution in [0.1, 0.15) is 12.5 Å². The molecule has 0 saturated carbocycles. The first-order valence-electron chi connectivity index (χ1n) is 3.85. The lowest BCUT2D eigenvalue weighted by Crippen LogP contribution is -2.07. The molecule has 70 valence electrons. The van der Waals surface area contributed by atoms with Gasteiger partial charge in [-0.2, -0.15) is 5.10 Å². The van der Waals surface area contributed by atoms with Gasteiger partial charge in [-0.05, 0) is 18.6 Å². The summed E-state index contributed by atoms with van der Waals surface area (Å²) in [6, 6.07) is 1.59. The third kappa shape index (κ3) is 3.38. The van der Waals surface area contributed by atoms with Crippen LogP contribution in [0.15, 0.2) is 12.3 Å². The van der Waals surface area contributed by atoms with Crippen LogP contribution in [0.3, 0.4) is 0 Å². The van der Waals surface area contributed by atoms with E-state index in [1.54, 1.807) is 13.0 Å². The van der Waals surface area contributed by atoms with Gasteiger partial charge in [0, 0.05) is 0 Å². The molecule has 4 nitrogen and oxygen atoms in total. The number of carbonyl (C=O) groups excluding carboxylic acids is 1. The molecule has 0 aliphatic rings. The zero-order valence-corrected chi connectivity index (χ0v) is 7.91. The molecule has 0 spiro atoms. The molecule has 0 aliphatic heterocycles. The summed E-state index contributed by atoms with van der Waals surface area (Å²) in [6.45, 7) is 2.14. The van der Waals surface area contributed by atoms with Crippen LogP contribution in [0, 0.1) is 0 Å². The molecule has 1 rings (SSSR count). The van der Waals surface area contributed by atoms with Gasteiger partial charge in [0.15, 0.2) is 5.15 Å². The molecule has 0 saturated heterocycles. The molecule has 0 fully saturated rings. The average Bonchev–Trinajstić information content (AvgIpc) is 2.04. The quantitative estimate of drug-likeness (QED) is 0.689. The summed E-state index contributed by atoms with van der Waals surface area (Å²) >= 11 is 5.58. The van der Waals surface area contributed by atoms with Crippen molar-refractivity contribution in [3.8, 4) is 0 Å². The molecule has 0 unspecified atom stereocenters. The van der Waals surface area contributed by atoms with E-state index in [1.807, 2.05) is 0 Å². The summed E-state index contributed by atoms with van der Waals surface area (Å²) in [7, 11) is 0. The van der Waals surface area contributed by atoms with Crippen molar-refractivity contribution in [2.75, 3.05) is 6.61 Å². The number of carbonyl (C=O) groups is 1. The van der Waals surface area contributed by atoms with Gasteiger partial charge < -0.3 is 4.74 Å². The van der Waals surface area contributed by atoms with E-state index >= 15 is 0 Å². The predicted octanol–water partition coefficient (Wildman–Crippen LogP) is 1.24. The maximum atomic E-state index is 11.0. The monoisotopic (exact) mass is 200 g/mol. The maximum absolute atomic E-state index is 11.0. The third-order valence-corrected chi connectivity index (χ3v) is 1.52. The number of ether oxygens (including phenoxy) is 1. The Bertz CT molecular complexity index is 304. The third-order valence-electron chi connectivity index (χ3n) is 1.34. The SMILES string of the molecule is CCOC(=O)Cc1cnnc(Cl)c1. The minimum atomic E-state index is -0.286. The van der Waals surface area contributed by atoms with Crippen LogP contribution in [0.2, 0.25) is 5.15 Å². The molecular weight excluding hydrogens is 192 g/mol. The van der Waals surface area contributed by atoms with Gasteiger partial charge in [-0.3, -0.25) is 4.79 Å². The number of rotatable bonds is 3. The molecule has 0 amide bonds. The number of hydrogen-bond acceptors (Lipinski definition) is 4. The van der Waals surface area contributed by atoms with Crippen LogP contribution in [0.25, 0.3) is 0 Å². The summed E-state index contributed by atoms with van der Waals surface area (Å²) in [4.78, 5) is 11.0. The molecule has 1 aromatic rings. The van der Waals surface area contributed by atoms with Gasteiger partial charge >= 0.3 is 5.97 Å². The van der Waals surface area contributed by atoms with E-state index in [1.165, 1.54) is 6.20 Å². The van der Waals surface area contributed by atoms with Gasteiger partial charge in [0.25, 0.3) is 0 Å². The zero-order chi connectivity index (χ0) is 9.68. The predicted molar refractivity (Wildman–Crippen MR) is 47.4 cm³/mol. The van der Waals surface area contributed by atoms with Crippen LogP contribution in [-0.4, -0.2) is 22.8 Å². The molecule has 13 heavy (non-hydrogen) atoms. The van der Waals surface area contributed by atoms with Crippen molar-refractivity contribution in [1.29, 1.82) is 0 Å². The molecule has 0 aliphatic carbocycles.